The van der Waals surface area contributed by atoms with Gasteiger partial charge in [0.25, 0.3) is 0 Å². The Hall–Kier alpha value is -0.630. The topological polar surface area (TPSA) is 58.6 Å². The summed E-state index contributed by atoms with van der Waals surface area (Å²) in [4.78, 5) is 2.60. The molecule has 1 fully saturated rings. The lowest BCUT2D eigenvalue weighted by atomic mass is 10.2. The third kappa shape index (κ3) is 5.74. The molecule has 0 aliphatic carbocycles. The van der Waals surface area contributed by atoms with Crippen LogP contribution in [-0.2, 0) is 10.0 Å². The van der Waals surface area contributed by atoms with E-state index >= 15 is 0 Å². The zero-order valence-corrected chi connectivity index (χ0v) is 16.0. The van der Waals surface area contributed by atoms with Gasteiger partial charge in [-0.25, -0.2) is 13.1 Å². The van der Waals surface area contributed by atoms with Crippen molar-refractivity contribution in [2.75, 3.05) is 33.3 Å². The van der Waals surface area contributed by atoms with Crippen LogP contribution in [-0.4, -0.2) is 46.6 Å². The standard InChI is InChI=1S/C16H25BrN2O3S/c1-22-15-8-7-14(17)13-16(15)23(20,21)18-9-6-12-19-10-4-2-3-5-11-19/h7-8,13,18H,2-6,9-12H2,1H3. The second-order valence-electron chi connectivity index (χ2n) is 5.80. The summed E-state index contributed by atoms with van der Waals surface area (Å²) < 4.78 is 33.4. The summed E-state index contributed by atoms with van der Waals surface area (Å²) in [6, 6.07) is 4.98. The summed E-state index contributed by atoms with van der Waals surface area (Å²) in [6.07, 6.45) is 5.94. The Balaban J connectivity index is 1.88. The molecule has 7 heteroatoms. The molecule has 0 spiro atoms. The fourth-order valence-electron chi connectivity index (χ4n) is 2.81. The second kappa shape index (κ2) is 9.01. The number of ether oxygens (including phenoxy) is 1. The van der Waals surface area contributed by atoms with Crippen molar-refractivity contribution in [2.24, 2.45) is 0 Å². The third-order valence-corrected chi connectivity index (χ3v) is 6.03. The first kappa shape index (κ1) is 18.7. The number of nitrogens with zero attached hydrogens (tertiary/aromatic N) is 1. The van der Waals surface area contributed by atoms with Gasteiger partial charge in [0.05, 0.1) is 7.11 Å². The van der Waals surface area contributed by atoms with Gasteiger partial charge in [0.15, 0.2) is 0 Å². The molecule has 0 saturated carbocycles. The van der Waals surface area contributed by atoms with E-state index in [1.165, 1.54) is 32.8 Å². The number of halogens is 1. The molecule has 23 heavy (non-hydrogen) atoms. The summed E-state index contributed by atoms with van der Waals surface area (Å²) in [5.41, 5.74) is 0. The quantitative estimate of drug-likeness (QED) is 0.709. The predicted octanol–water partition coefficient (Wildman–Crippen LogP) is 3.00. The van der Waals surface area contributed by atoms with E-state index in [1.807, 2.05) is 0 Å². The highest BCUT2D eigenvalue weighted by molar-refractivity contribution is 9.10. The van der Waals surface area contributed by atoms with Gasteiger partial charge in [0.1, 0.15) is 10.6 Å². The lowest BCUT2D eigenvalue weighted by Gasteiger charge is -2.19. The normalized spacial score (nSPS) is 17.0. The van der Waals surface area contributed by atoms with Crippen LogP contribution in [0.3, 0.4) is 0 Å². The lowest BCUT2D eigenvalue weighted by Crippen LogP contribution is -2.30. The molecule has 130 valence electrons. The minimum atomic E-state index is -3.56. The fourth-order valence-corrected chi connectivity index (χ4v) is 4.59. The van der Waals surface area contributed by atoms with Crippen LogP contribution in [0.2, 0.25) is 0 Å². The predicted molar refractivity (Wildman–Crippen MR) is 95.4 cm³/mol. The summed E-state index contributed by atoms with van der Waals surface area (Å²) in [7, 11) is -2.09. The molecule has 1 aromatic rings. The van der Waals surface area contributed by atoms with E-state index < -0.39 is 10.0 Å². The first-order chi connectivity index (χ1) is 11.0. The van der Waals surface area contributed by atoms with Crippen molar-refractivity contribution >= 4 is 26.0 Å². The van der Waals surface area contributed by atoms with E-state index in [0.717, 1.165) is 26.1 Å². The number of rotatable bonds is 7. The highest BCUT2D eigenvalue weighted by atomic mass is 79.9. The Morgan fingerprint density at radius 3 is 2.57 bits per heavy atom. The van der Waals surface area contributed by atoms with Gasteiger partial charge in [0.2, 0.25) is 10.0 Å². The average Bonchev–Trinajstić information content (AvgIpc) is 2.80. The van der Waals surface area contributed by atoms with Crippen LogP contribution in [0.15, 0.2) is 27.6 Å². The SMILES string of the molecule is COc1ccc(Br)cc1S(=O)(=O)NCCCN1CCCCCC1. The van der Waals surface area contributed by atoms with E-state index in [0.29, 0.717) is 16.8 Å². The van der Waals surface area contributed by atoms with Gasteiger partial charge in [-0.2, -0.15) is 0 Å². The van der Waals surface area contributed by atoms with Crippen LogP contribution in [0.1, 0.15) is 32.1 Å². The zero-order valence-electron chi connectivity index (χ0n) is 13.6. The maximum absolute atomic E-state index is 12.4. The number of likely N-dealkylation sites (tertiary alicyclic amines) is 1. The van der Waals surface area contributed by atoms with Crippen LogP contribution in [0.25, 0.3) is 0 Å². The summed E-state index contributed by atoms with van der Waals surface area (Å²) in [5, 5.41) is 0. The van der Waals surface area contributed by atoms with Crippen molar-refractivity contribution in [3.05, 3.63) is 22.7 Å². The van der Waals surface area contributed by atoms with Gasteiger partial charge in [-0.3, -0.25) is 0 Å². The number of hydrogen-bond acceptors (Lipinski definition) is 4. The monoisotopic (exact) mass is 404 g/mol. The largest absolute Gasteiger partial charge is 0.495 e. The number of nitrogens with one attached hydrogen (secondary N) is 1. The van der Waals surface area contributed by atoms with E-state index in [1.54, 1.807) is 18.2 Å². The van der Waals surface area contributed by atoms with Crippen LogP contribution in [0.4, 0.5) is 0 Å². The van der Waals surface area contributed by atoms with Crippen LogP contribution >= 0.6 is 15.9 Å². The Kier molecular flexibility index (Phi) is 7.33. The van der Waals surface area contributed by atoms with Crippen molar-refractivity contribution in [1.82, 2.24) is 9.62 Å². The molecular formula is C16H25BrN2O3S. The second-order valence-corrected chi connectivity index (χ2v) is 8.45. The van der Waals surface area contributed by atoms with Crippen LogP contribution in [0, 0.1) is 0 Å². The molecule has 1 aliphatic heterocycles. The summed E-state index contributed by atoms with van der Waals surface area (Å²) in [5.74, 6) is 0.355. The van der Waals surface area contributed by atoms with E-state index in [-0.39, 0.29) is 4.90 Å². The highest BCUT2D eigenvalue weighted by Gasteiger charge is 2.19. The molecule has 0 radical (unpaired) electrons. The molecular weight excluding hydrogens is 380 g/mol. The lowest BCUT2D eigenvalue weighted by molar-refractivity contribution is 0.282. The van der Waals surface area contributed by atoms with Crippen molar-refractivity contribution in [3.8, 4) is 5.75 Å². The fraction of sp³-hybridized carbons (Fsp3) is 0.625. The molecule has 0 amide bonds. The van der Waals surface area contributed by atoms with Gasteiger partial charge in [-0.1, -0.05) is 28.8 Å². The molecule has 1 N–H and O–H groups in total. The molecule has 0 aromatic heterocycles. The van der Waals surface area contributed by atoms with E-state index in [4.69, 9.17) is 4.74 Å². The molecule has 0 unspecified atom stereocenters. The van der Waals surface area contributed by atoms with Crippen LogP contribution in [0.5, 0.6) is 5.75 Å². The molecule has 0 bridgehead atoms. The van der Waals surface area contributed by atoms with E-state index in [2.05, 4.69) is 25.6 Å². The maximum atomic E-state index is 12.4. The van der Waals surface area contributed by atoms with Crippen molar-refractivity contribution in [1.29, 1.82) is 0 Å². The van der Waals surface area contributed by atoms with Crippen molar-refractivity contribution in [2.45, 2.75) is 37.0 Å². The third-order valence-electron chi connectivity index (χ3n) is 4.06. The van der Waals surface area contributed by atoms with Gasteiger partial charge >= 0.3 is 0 Å². The minimum Gasteiger partial charge on any atom is -0.495 e. The molecule has 5 nitrogen and oxygen atoms in total. The zero-order chi connectivity index (χ0) is 16.7. The molecule has 1 heterocycles. The molecule has 1 aliphatic rings. The first-order valence-corrected chi connectivity index (χ1v) is 10.4. The number of methoxy groups -OCH3 is 1. The molecule has 0 atom stereocenters. The van der Waals surface area contributed by atoms with Crippen LogP contribution < -0.4 is 9.46 Å². The summed E-state index contributed by atoms with van der Waals surface area (Å²) in [6.45, 7) is 3.64. The van der Waals surface area contributed by atoms with Gasteiger partial charge in [0, 0.05) is 11.0 Å². The molecule has 1 aromatic carbocycles. The molecule has 2 rings (SSSR count). The average molecular weight is 405 g/mol. The number of benzene rings is 1. The number of hydrogen-bond donors (Lipinski definition) is 1. The highest BCUT2D eigenvalue weighted by Crippen LogP contribution is 2.27. The molecule has 1 saturated heterocycles. The maximum Gasteiger partial charge on any atom is 0.244 e. The van der Waals surface area contributed by atoms with Gasteiger partial charge < -0.3 is 9.64 Å². The first-order valence-electron chi connectivity index (χ1n) is 8.08. The Labute approximate surface area is 147 Å². The summed E-state index contributed by atoms with van der Waals surface area (Å²) >= 11 is 3.30. The van der Waals surface area contributed by atoms with Gasteiger partial charge in [-0.05, 0) is 57.1 Å². The smallest absolute Gasteiger partial charge is 0.244 e. The number of sulfonamides is 1. The Bertz CT molecular complexity index is 599. The van der Waals surface area contributed by atoms with Gasteiger partial charge in [-0.15, -0.1) is 0 Å². The minimum absolute atomic E-state index is 0.171. The van der Waals surface area contributed by atoms with Crippen molar-refractivity contribution in [3.63, 3.8) is 0 Å². The Morgan fingerprint density at radius 2 is 1.91 bits per heavy atom. The Morgan fingerprint density at radius 1 is 1.22 bits per heavy atom. The van der Waals surface area contributed by atoms with E-state index in [9.17, 15) is 8.42 Å². The van der Waals surface area contributed by atoms with Crippen molar-refractivity contribution < 1.29 is 13.2 Å².